The third-order valence-electron chi connectivity index (χ3n) is 4.18. The molecule has 0 aromatic carbocycles. The molecule has 0 saturated heterocycles. The van der Waals surface area contributed by atoms with Crippen molar-refractivity contribution in [2.45, 2.75) is 53.6 Å². The maximum atomic E-state index is 11.7. The third kappa shape index (κ3) is 6.93. The molecular weight excluding hydrogens is 332 g/mol. The van der Waals surface area contributed by atoms with Crippen molar-refractivity contribution in [1.29, 1.82) is 0 Å². The summed E-state index contributed by atoms with van der Waals surface area (Å²) in [4.78, 5) is 16.0. The minimum absolute atomic E-state index is 0.0329. The minimum atomic E-state index is -0.385. The van der Waals surface area contributed by atoms with Crippen LogP contribution in [0, 0.1) is 19.8 Å². The van der Waals surface area contributed by atoms with E-state index >= 15 is 0 Å². The molecular formula is C18H34N6O2. The van der Waals surface area contributed by atoms with E-state index in [2.05, 4.69) is 46.8 Å². The Kier molecular flexibility index (Phi) is 8.95. The number of amides is 1. The molecule has 0 aliphatic carbocycles. The smallest absolute Gasteiger partial charge is 0.407 e. The lowest BCUT2D eigenvalue weighted by Gasteiger charge is -2.22. The topological polar surface area (TPSA) is 92.6 Å². The maximum absolute atomic E-state index is 11.7. The van der Waals surface area contributed by atoms with Gasteiger partial charge in [-0.2, -0.15) is 5.10 Å². The van der Waals surface area contributed by atoms with Crippen LogP contribution in [-0.4, -0.2) is 48.1 Å². The van der Waals surface area contributed by atoms with Crippen molar-refractivity contribution in [3.05, 3.63) is 17.0 Å². The zero-order valence-electron chi connectivity index (χ0n) is 17.1. The van der Waals surface area contributed by atoms with E-state index in [9.17, 15) is 4.79 Å². The van der Waals surface area contributed by atoms with E-state index in [1.54, 1.807) is 14.0 Å². The highest BCUT2D eigenvalue weighted by Gasteiger charge is 2.16. The summed E-state index contributed by atoms with van der Waals surface area (Å²) in [5.74, 6) is 1.14. The van der Waals surface area contributed by atoms with Gasteiger partial charge in [0.15, 0.2) is 5.96 Å². The first kappa shape index (κ1) is 21.8. The molecule has 1 aromatic heterocycles. The van der Waals surface area contributed by atoms with Gasteiger partial charge in [0.05, 0.1) is 12.3 Å². The molecule has 1 aromatic rings. The van der Waals surface area contributed by atoms with Gasteiger partial charge in [-0.05, 0) is 33.1 Å². The molecule has 8 heteroatoms. The first-order valence-corrected chi connectivity index (χ1v) is 9.15. The second-order valence-corrected chi connectivity index (χ2v) is 6.77. The van der Waals surface area contributed by atoms with Crippen LogP contribution in [0.4, 0.5) is 4.79 Å². The number of nitrogens with zero attached hydrogens (tertiary/aromatic N) is 3. The number of alkyl carbamates (subject to hydrolysis) is 1. The Morgan fingerprint density at radius 2 is 2.00 bits per heavy atom. The molecule has 0 radical (unpaired) electrons. The van der Waals surface area contributed by atoms with Gasteiger partial charge in [0.1, 0.15) is 0 Å². The Bertz CT molecular complexity index is 609. The number of carbonyl (C=O) groups is 1. The van der Waals surface area contributed by atoms with Crippen molar-refractivity contribution in [3.8, 4) is 0 Å². The standard InChI is InChI=1S/C18H34N6O2/c1-8-26-18(25)22-15(9-12(2)3)10-20-17(19-6)21-11-16-13(4)23-24(7)14(16)5/h12,15H,8-11H2,1-7H3,(H,22,25)(H2,19,20,21). The highest BCUT2D eigenvalue weighted by Crippen LogP contribution is 2.11. The lowest BCUT2D eigenvalue weighted by Crippen LogP contribution is -2.47. The van der Waals surface area contributed by atoms with Crippen molar-refractivity contribution in [2.75, 3.05) is 20.2 Å². The van der Waals surface area contributed by atoms with E-state index < -0.39 is 0 Å². The molecule has 0 aliphatic heterocycles. The second-order valence-electron chi connectivity index (χ2n) is 6.77. The average Bonchev–Trinajstić information content (AvgIpc) is 2.80. The number of rotatable bonds is 8. The molecule has 0 bridgehead atoms. The van der Waals surface area contributed by atoms with Gasteiger partial charge in [0.2, 0.25) is 0 Å². The molecule has 0 fully saturated rings. The van der Waals surface area contributed by atoms with E-state index in [1.165, 1.54) is 5.56 Å². The van der Waals surface area contributed by atoms with Crippen molar-refractivity contribution in [2.24, 2.45) is 18.0 Å². The third-order valence-corrected chi connectivity index (χ3v) is 4.18. The number of aliphatic imine (C=N–C) groups is 1. The lowest BCUT2D eigenvalue weighted by atomic mass is 10.0. The molecule has 148 valence electrons. The van der Waals surface area contributed by atoms with Crippen LogP contribution in [0.1, 0.15) is 44.1 Å². The first-order chi connectivity index (χ1) is 12.3. The minimum Gasteiger partial charge on any atom is -0.450 e. The van der Waals surface area contributed by atoms with Gasteiger partial charge in [-0.15, -0.1) is 0 Å². The number of nitrogens with one attached hydrogen (secondary N) is 3. The Hall–Kier alpha value is -2.25. The largest absolute Gasteiger partial charge is 0.450 e. The number of hydrogen-bond acceptors (Lipinski definition) is 4. The Morgan fingerprint density at radius 1 is 1.31 bits per heavy atom. The first-order valence-electron chi connectivity index (χ1n) is 9.15. The Morgan fingerprint density at radius 3 is 2.50 bits per heavy atom. The quantitative estimate of drug-likeness (QED) is 0.482. The van der Waals surface area contributed by atoms with Crippen molar-refractivity contribution < 1.29 is 9.53 Å². The van der Waals surface area contributed by atoms with Crippen molar-refractivity contribution >= 4 is 12.1 Å². The summed E-state index contributed by atoms with van der Waals surface area (Å²) < 4.78 is 6.87. The van der Waals surface area contributed by atoms with Gasteiger partial charge in [-0.3, -0.25) is 9.67 Å². The highest BCUT2D eigenvalue weighted by molar-refractivity contribution is 5.79. The summed E-state index contributed by atoms with van der Waals surface area (Å²) >= 11 is 0. The molecule has 0 aliphatic rings. The molecule has 0 spiro atoms. The average molecular weight is 367 g/mol. The maximum Gasteiger partial charge on any atom is 0.407 e. The number of aromatic nitrogens is 2. The van der Waals surface area contributed by atoms with Crippen LogP contribution in [0.15, 0.2) is 4.99 Å². The van der Waals surface area contributed by atoms with Crippen molar-refractivity contribution in [3.63, 3.8) is 0 Å². The number of carbonyl (C=O) groups excluding carboxylic acids is 1. The zero-order valence-corrected chi connectivity index (χ0v) is 17.1. The number of guanidine groups is 1. The van der Waals surface area contributed by atoms with Gasteiger partial charge in [-0.1, -0.05) is 13.8 Å². The van der Waals surface area contributed by atoms with Crippen LogP contribution >= 0.6 is 0 Å². The molecule has 1 amide bonds. The fraction of sp³-hybridized carbons (Fsp3) is 0.722. The van der Waals surface area contributed by atoms with Gasteiger partial charge in [-0.25, -0.2) is 4.79 Å². The van der Waals surface area contributed by atoms with Crippen LogP contribution in [0.2, 0.25) is 0 Å². The molecule has 1 rings (SSSR count). The lowest BCUT2D eigenvalue weighted by molar-refractivity contribution is 0.146. The Labute approximate surface area is 156 Å². The predicted molar refractivity (Wildman–Crippen MR) is 104 cm³/mol. The monoisotopic (exact) mass is 366 g/mol. The number of hydrogen-bond donors (Lipinski definition) is 3. The van der Waals surface area contributed by atoms with Gasteiger partial charge in [0.25, 0.3) is 0 Å². The van der Waals surface area contributed by atoms with E-state index in [4.69, 9.17) is 4.74 Å². The van der Waals surface area contributed by atoms with Crippen LogP contribution in [0.3, 0.4) is 0 Å². The zero-order chi connectivity index (χ0) is 19.7. The molecule has 0 saturated carbocycles. The second kappa shape index (κ2) is 10.7. The van der Waals surface area contributed by atoms with Crippen LogP contribution in [-0.2, 0) is 18.3 Å². The predicted octanol–water partition coefficient (Wildman–Crippen LogP) is 1.86. The van der Waals surface area contributed by atoms with E-state index in [1.807, 2.05) is 18.7 Å². The Balaban J connectivity index is 2.60. The SMILES string of the molecule is CCOC(=O)NC(CNC(=NC)NCc1c(C)nn(C)c1C)CC(C)C. The molecule has 1 heterocycles. The van der Waals surface area contributed by atoms with Gasteiger partial charge < -0.3 is 20.7 Å². The van der Waals surface area contributed by atoms with Crippen LogP contribution in [0.5, 0.6) is 0 Å². The summed E-state index contributed by atoms with van der Waals surface area (Å²) in [6.07, 6.45) is 0.466. The van der Waals surface area contributed by atoms with E-state index in [0.717, 1.165) is 17.8 Å². The van der Waals surface area contributed by atoms with E-state index in [-0.39, 0.29) is 12.1 Å². The van der Waals surface area contributed by atoms with Gasteiger partial charge >= 0.3 is 6.09 Å². The summed E-state index contributed by atoms with van der Waals surface area (Å²) in [6, 6.07) is -0.0329. The summed E-state index contributed by atoms with van der Waals surface area (Å²) in [5, 5.41) is 13.9. The van der Waals surface area contributed by atoms with Crippen molar-refractivity contribution in [1.82, 2.24) is 25.7 Å². The summed E-state index contributed by atoms with van der Waals surface area (Å²) in [6.45, 7) is 11.7. The van der Waals surface area contributed by atoms with Gasteiger partial charge in [0, 0.05) is 44.5 Å². The summed E-state index contributed by atoms with van der Waals surface area (Å²) in [7, 11) is 3.67. The fourth-order valence-electron chi connectivity index (χ4n) is 2.79. The number of aryl methyl sites for hydroxylation is 2. The molecule has 3 N–H and O–H groups in total. The normalized spacial score (nSPS) is 12.8. The fourth-order valence-corrected chi connectivity index (χ4v) is 2.79. The molecule has 1 unspecified atom stereocenters. The highest BCUT2D eigenvalue weighted by atomic mass is 16.5. The van der Waals surface area contributed by atoms with Crippen LogP contribution < -0.4 is 16.0 Å². The number of ether oxygens (including phenoxy) is 1. The molecule has 1 atom stereocenters. The molecule has 26 heavy (non-hydrogen) atoms. The summed E-state index contributed by atoms with van der Waals surface area (Å²) in [5.41, 5.74) is 3.31. The van der Waals surface area contributed by atoms with Crippen LogP contribution in [0.25, 0.3) is 0 Å². The molecule has 8 nitrogen and oxygen atoms in total. The van der Waals surface area contributed by atoms with E-state index in [0.29, 0.717) is 31.6 Å².